The van der Waals surface area contributed by atoms with E-state index in [-0.39, 0.29) is 0 Å². The molecule has 0 saturated carbocycles. The minimum Gasteiger partial charge on any atom is -0.486 e. The SMILES string of the molecule is CCc1ccc(OCc2ccc(CC)s2)c(N)c1. The number of rotatable bonds is 5. The van der Waals surface area contributed by atoms with Crippen molar-refractivity contribution in [2.24, 2.45) is 0 Å². The average Bonchev–Trinajstić information content (AvgIpc) is 2.85. The van der Waals surface area contributed by atoms with Gasteiger partial charge in [0, 0.05) is 9.75 Å². The highest BCUT2D eigenvalue weighted by Gasteiger charge is 2.03. The molecule has 0 aliphatic heterocycles. The Morgan fingerprint density at radius 3 is 2.44 bits per heavy atom. The van der Waals surface area contributed by atoms with Crippen molar-refractivity contribution in [2.45, 2.75) is 33.3 Å². The Morgan fingerprint density at radius 2 is 1.83 bits per heavy atom. The van der Waals surface area contributed by atoms with E-state index in [0.29, 0.717) is 6.61 Å². The molecule has 0 aliphatic rings. The predicted octanol–water partition coefficient (Wildman–Crippen LogP) is 4.03. The van der Waals surface area contributed by atoms with Crippen molar-refractivity contribution in [3.05, 3.63) is 45.6 Å². The average molecular weight is 261 g/mol. The topological polar surface area (TPSA) is 35.2 Å². The molecule has 3 heteroatoms. The maximum absolute atomic E-state index is 5.97. The Bertz CT molecular complexity index is 519. The second-order valence-corrected chi connectivity index (χ2v) is 5.49. The molecule has 2 N–H and O–H groups in total. The van der Waals surface area contributed by atoms with Crippen LogP contribution in [0.2, 0.25) is 0 Å². The van der Waals surface area contributed by atoms with E-state index in [1.165, 1.54) is 15.3 Å². The molecule has 0 fully saturated rings. The third-order valence-corrected chi connectivity index (χ3v) is 4.12. The quantitative estimate of drug-likeness (QED) is 0.825. The van der Waals surface area contributed by atoms with E-state index in [9.17, 15) is 0 Å². The van der Waals surface area contributed by atoms with Gasteiger partial charge < -0.3 is 10.5 Å². The van der Waals surface area contributed by atoms with Crippen molar-refractivity contribution in [1.29, 1.82) is 0 Å². The highest BCUT2D eigenvalue weighted by atomic mass is 32.1. The molecule has 0 saturated heterocycles. The lowest BCUT2D eigenvalue weighted by Gasteiger charge is -2.09. The van der Waals surface area contributed by atoms with E-state index >= 15 is 0 Å². The summed E-state index contributed by atoms with van der Waals surface area (Å²) in [6, 6.07) is 10.3. The van der Waals surface area contributed by atoms with E-state index in [4.69, 9.17) is 10.5 Å². The molecule has 1 aromatic carbocycles. The number of anilines is 1. The van der Waals surface area contributed by atoms with Gasteiger partial charge in [-0.3, -0.25) is 0 Å². The van der Waals surface area contributed by atoms with E-state index in [0.717, 1.165) is 24.3 Å². The largest absolute Gasteiger partial charge is 0.486 e. The number of hydrogen-bond acceptors (Lipinski definition) is 3. The second-order valence-electron chi connectivity index (χ2n) is 4.24. The van der Waals surface area contributed by atoms with E-state index in [1.54, 1.807) is 11.3 Å². The third-order valence-electron chi connectivity index (χ3n) is 2.92. The zero-order valence-electron chi connectivity index (χ0n) is 10.9. The van der Waals surface area contributed by atoms with Crippen LogP contribution in [-0.4, -0.2) is 0 Å². The lowest BCUT2D eigenvalue weighted by atomic mass is 10.1. The summed E-state index contributed by atoms with van der Waals surface area (Å²) in [6.07, 6.45) is 2.08. The number of aryl methyl sites for hydroxylation is 2. The van der Waals surface area contributed by atoms with Crippen LogP contribution in [0.5, 0.6) is 5.75 Å². The lowest BCUT2D eigenvalue weighted by Crippen LogP contribution is -1.98. The van der Waals surface area contributed by atoms with Gasteiger partial charge in [-0.15, -0.1) is 11.3 Å². The summed E-state index contributed by atoms with van der Waals surface area (Å²) in [5.41, 5.74) is 7.93. The molecule has 18 heavy (non-hydrogen) atoms. The number of nitrogen functional groups attached to an aromatic ring is 1. The van der Waals surface area contributed by atoms with Crippen molar-refractivity contribution < 1.29 is 4.74 Å². The highest BCUT2D eigenvalue weighted by Crippen LogP contribution is 2.25. The smallest absolute Gasteiger partial charge is 0.142 e. The van der Waals surface area contributed by atoms with Crippen LogP contribution in [0.25, 0.3) is 0 Å². The van der Waals surface area contributed by atoms with Gasteiger partial charge in [0.25, 0.3) is 0 Å². The fourth-order valence-electron chi connectivity index (χ4n) is 1.79. The van der Waals surface area contributed by atoms with Crippen LogP contribution >= 0.6 is 11.3 Å². The molecule has 0 unspecified atom stereocenters. The van der Waals surface area contributed by atoms with Crippen molar-refractivity contribution in [3.8, 4) is 5.75 Å². The maximum Gasteiger partial charge on any atom is 0.142 e. The first-order chi connectivity index (χ1) is 8.72. The number of ether oxygens (including phenoxy) is 1. The van der Waals surface area contributed by atoms with E-state index in [1.807, 2.05) is 12.1 Å². The summed E-state index contributed by atoms with van der Waals surface area (Å²) >= 11 is 1.80. The highest BCUT2D eigenvalue weighted by molar-refractivity contribution is 7.11. The second kappa shape index (κ2) is 5.91. The molecule has 2 nitrogen and oxygen atoms in total. The van der Waals surface area contributed by atoms with Gasteiger partial charge in [0.2, 0.25) is 0 Å². The van der Waals surface area contributed by atoms with Gasteiger partial charge in [-0.25, -0.2) is 0 Å². The Morgan fingerprint density at radius 1 is 1.06 bits per heavy atom. The van der Waals surface area contributed by atoms with Crippen LogP contribution in [0.15, 0.2) is 30.3 Å². The van der Waals surface area contributed by atoms with Crippen LogP contribution in [0.4, 0.5) is 5.69 Å². The zero-order chi connectivity index (χ0) is 13.0. The van der Waals surface area contributed by atoms with E-state index < -0.39 is 0 Å². The summed E-state index contributed by atoms with van der Waals surface area (Å²) < 4.78 is 5.77. The molecule has 0 radical (unpaired) electrons. The Hall–Kier alpha value is -1.48. The van der Waals surface area contributed by atoms with E-state index in [2.05, 4.69) is 32.0 Å². The van der Waals surface area contributed by atoms with Crippen molar-refractivity contribution >= 4 is 17.0 Å². The standard InChI is InChI=1S/C15H19NOS/c1-3-11-5-8-15(14(16)9-11)17-10-13-7-6-12(4-2)18-13/h5-9H,3-4,10,16H2,1-2H3. The Labute approximate surface area is 112 Å². The number of thiophene rings is 1. The third kappa shape index (κ3) is 3.05. The first-order valence-corrected chi connectivity index (χ1v) is 7.13. The van der Waals surface area contributed by atoms with Gasteiger partial charge in [-0.1, -0.05) is 19.9 Å². The number of benzene rings is 1. The monoisotopic (exact) mass is 261 g/mol. The summed E-state index contributed by atoms with van der Waals surface area (Å²) in [4.78, 5) is 2.63. The van der Waals surface area contributed by atoms with Crippen molar-refractivity contribution in [3.63, 3.8) is 0 Å². The van der Waals surface area contributed by atoms with Crippen molar-refractivity contribution in [1.82, 2.24) is 0 Å². The first-order valence-electron chi connectivity index (χ1n) is 6.31. The van der Waals surface area contributed by atoms with Crippen LogP contribution in [-0.2, 0) is 19.4 Å². The van der Waals surface area contributed by atoms with Gasteiger partial charge in [0.05, 0.1) is 5.69 Å². The Balaban J connectivity index is 2.01. The summed E-state index contributed by atoms with van der Waals surface area (Å²) in [7, 11) is 0. The van der Waals surface area contributed by atoms with Crippen LogP contribution < -0.4 is 10.5 Å². The fraction of sp³-hybridized carbons (Fsp3) is 0.333. The van der Waals surface area contributed by atoms with Gasteiger partial charge in [-0.05, 0) is 42.7 Å². The number of hydrogen-bond donors (Lipinski definition) is 1. The fourth-order valence-corrected chi connectivity index (χ4v) is 2.66. The van der Waals surface area contributed by atoms with Crippen molar-refractivity contribution in [2.75, 3.05) is 5.73 Å². The summed E-state index contributed by atoms with van der Waals surface area (Å²) in [6.45, 7) is 4.88. The molecule has 0 spiro atoms. The molecule has 0 atom stereocenters. The zero-order valence-corrected chi connectivity index (χ0v) is 11.7. The van der Waals surface area contributed by atoms with Crippen LogP contribution in [0, 0.1) is 0 Å². The lowest BCUT2D eigenvalue weighted by molar-refractivity contribution is 0.311. The Kier molecular flexibility index (Phi) is 4.26. The van der Waals surface area contributed by atoms with Gasteiger partial charge in [0.15, 0.2) is 0 Å². The first kappa shape index (κ1) is 13.0. The molecule has 0 amide bonds. The molecular weight excluding hydrogens is 242 g/mol. The molecular formula is C15H19NOS. The molecule has 1 aromatic heterocycles. The minimum absolute atomic E-state index is 0.598. The molecule has 2 aromatic rings. The maximum atomic E-state index is 5.97. The van der Waals surface area contributed by atoms with Gasteiger partial charge in [0.1, 0.15) is 12.4 Å². The normalized spacial score (nSPS) is 10.6. The molecule has 1 heterocycles. The predicted molar refractivity (Wildman–Crippen MR) is 78.3 cm³/mol. The molecule has 2 rings (SSSR count). The van der Waals surface area contributed by atoms with Crippen LogP contribution in [0.3, 0.4) is 0 Å². The minimum atomic E-state index is 0.598. The molecule has 0 bridgehead atoms. The summed E-state index contributed by atoms with van der Waals surface area (Å²) in [5, 5.41) is 0. The molecule has 0 aliphatic carbocycles. The van der Waals surface area contributed by atoms with Gasteiger partial charge in [-0.2, -0.15) is 0 Å². The van der Waals surface area contributed by atoms with Crippen LogP contribution in [0.1, 0.15) is 29.2 Å². The number of nitrogens with two attached hydrogens (primary N) is 1. The summed E-state index contributed by atoms with van der Waals surface area (Å²) in [5.74, 6) is 0.777. The van der Waals surface area contributed by atoms with Gasteiger partial charge >= 0.3 is 0 Å². The molecule has 96 valence electrons.